The van der Waals surface area contributed by atoms with E-state index in [0.717, 1.165) is 103 Å². The lowest BCUT2D eigenvalue weighted by Crippen LogP contribution is -2.67. The molecular weight excluding hydrogens is 691 g/mol. The van der Waals surface area contributed by atoms with Crippen molar-refractivity contribution < 1.29 is 0 Å². The van der Waals surface area contributed by atoms with Crippen molar-refractivity contribution in [2.24, 2.45) is 0 Å². The van der Waals surface area contributed by atoms with Crippen molar-refractivity contribution in [2.45, 2.75) is 49.6 Å². The molecule has 0 aliphatic carbocycles. The summed E-state index contributed by atoms with van der Waals surface area (Å²) in [6.07, 6.45) is 12.3. The van der Waals surface area contributed by atoms with Crippen molar-refractivity contribution in [3.8, 4) is 0 Å². The average molecular weight is 730 g/mol. The van der Waals surface area contributed by atoms with E-state index in [2.05, 4.69) is 71.5 Å². The van der Waals surface area contributed by atoms with E-state index in [-0.39, 0.29) is 11.1 Å². The van der Waals surface area contributed by atoms with Crippen LogP contribution < -0.4 is 15.2 Å². The number of aromatic nitrogens is 6. The number of halogens is 3. The van der Waals surface area contributed by atoms with Crippen LogP contribution in [0.15, 0.2) is 79.6 Å². The molecule has 3 N–H and O–H groups in total. The van der Waals surface area contributed by atoms with Gasteiger partial charge in [0.1, 0.15) is 35.6 Å². The summed E-state index contributed by atoms with van der Waals surface area (Å²) in [6.45, 7) is 3.35. The third-order valence-electron chi connectivity index (χ3n) is 10.8. The lowest BCUT2D eigenvalue weighted by molar-refractivity contribution is -0.00953. The maximum Gasteiger partial charge on any atom is 0.142 e. The molecule has 50 heavy (non-hydrogen) atoms. The van der Waals surface area contributed by atoms with Gasteiger partial charge in [-0.1, -0.05) is 53.0 Å². The highest BCUT2D eigenvalue weighted by Crippen LogP contribution is 2.39. The highest BCUT2D eigenvalue weighted by molar-refractivity contribution is 6.36. The molecule has 13 heteroatoms. The van der Waals surface area contributed by atoms with Crippen molar-refractivity contribution >= 4 is 68.5 Å². The molecule has 0 saturated carbocycles. The standard InChI is InChI=1S/C37H39Cl3N10/c1-48(37(21-25-5-7-26(38)8-6-25)13-19-50(20-14-37)35-28-10-16-42-33(28)44-24-46-35)47-36(22-29-30(39)3-2-4-31(29)40)11-17-49(18-12-36)34-27-9-15-41-32(27)43-23-45-34/h2-10,15-16,23-24,47H,11-14,17-22H2,1H3,(H,41,43,45)(H,42,44,46). The van der Waals surface area contributed by atoms with Gasteiger partial charge in [-0.2, -0.15) is 0 Å². The molecule has 0 unspecified atom stereocenters. The number of nitrogens with one attached hydrogen (secondary N) is 3. The molecule has 8 rings (SSSR count). The third kappa shape index (κ3) is 6.39. The van der Waals surface area contributed by atoms with Crippen molar-refractivity contribution in [2.75, 3.05) is 43.0 Å². The second kappa shape index (κ2) is 13.7. The number of hydrogen-bond donors (Lipinski definition) is 3. The summed E-state index contributed by atoms with van der Waals surface area (Å²) in [6, 6.07) is 18.2. The van der Waals surface area contributed by atoms with E-state index in [1.165, 1.54) is 5.56 Å². The maximum atomic E-state index is 6.84. The maximum absolute atomic E-state index is 6.84. The van der Waals surface area contributed by atoms with E-state index in [1.54, 1.807) is 12.7 Å². The lowest BCUT2D eigenvalue weighted by Gasteiger charge is -2.53. The predicted molar refractivity (Wildman–Crippen MR) is 202 cm³/mol. The Morgan fingerprint density at radius 2 is 1.24 bits per heavy atom. The van der Waals surface area contributed by atoms with Crippen LogP contribution in [-0.4, -0.2) is 79.2 Å². The first kappa shape index (κ1) is 33.2. The zero-order chi connectivity index (χ0) is 34.3. The fraction of sp³-hybridized carbons (Fsp3) is 0.351. The number of hydrogen-bond acceptors (Lipinski definition) is 8. The first-order valence-corrected chi connectivity index (χ1v) is 18.2. The number of aromatic amines is 2. The Bertz CT molecular complexity index is 2080. The average Bonchev–Trinajstić information content (AvgIpc) is 3.82. The molecule has 2 aliphatic heterocycles. The van der Waals surface area contributed by atoms with Crippen LogP contribution in [0.3, 0.4) is 0 Å². The fourth-order valence-corrected chi connectivity index (χ4v) is 8.61. The van der Waals surface area contributed by atoms with Crippen LogP contribution in [0.4, 0.5) is 11.6 Å². The van der Waals surface area contributed by atoms with Crippen LogP contribution in [-0.2, 0) is 12.8 Å². The van der Waals surface area contributed by atoms with E-state index in [9.17, 15) is 0 Å². The Balaban J connectivity index is 1.10. The topological polar surface area (TPSA) is 105 Å². The number of piperidine rings is 2. The largest absolute Gasteiger partial charge is 0.356 e. The minimum absolute atomic E-state index is 0.188. The number of benzene rings is 2. The molecule has 2 fully saturated rings. The summed E-state index contributed by atoms with van der Waals surface area (Å²) in [7, 11) is 2.22. The molecule has 2 aliphatic rings. The SMILES string of the molecule is CN(NC1(Cc2c(Cl)cccc2Cl)CCN(c2ncnc3[nH]ccc23)CC1)C1(Cc2ccc(Cl)cc2)CCN(c2ncnc3[nH]ccc23)CC1. The van der Waals surface area contributed by atoms with Gasteiger partial charge in [-0.3, -0.25) is 0 Å². The van der Waals surface area contributed by atoms with Crippen LogP contribution in [0.25, 0.3) is 22.1 Å². The van der Waals surface area contributed by atoms with Crippen LogP contribution in [0.5, 0.6) is 0 Å². The molecule has 10 nitrogen and oxygen atoms in total. The van der Waals surface area contributed by atoms with Gasteiger partial charge in [0, 0.05) is 71.8 Å². The second-order valence-electron chi connectivity index (χ2n) is 13.7. The molecule has 0 amide bonds. The summed E-state index contributed by atoms with van der Waals surface area (Å²) < 4.78 is 0. The van der Waals surface area contributed by atoms with Gasteiger partial charge in [-0.05, 0) is 86.1 Å². The number of fused-ring (bicyclic) bond motifs is 2. The molecule has 4 aromatic heterocycles. The number of hydrazine groups is 1. The summed E-state index contributed by atoms with van der Waals surface area (Å²) in [5.74, 6) is 1.94. The van der Waals surface area contributed by atoms with Crippen LogP contribution in [0.1, 0.15) is 36.8 Å². The normalized spacial score (nSPS) is 17.6. The van der Waals surface area contributed by atoms with Crippen LogP contribution in [0.2, 0.25) is 15.1 Å². The van der Waals surface area contributed by atoms with Crippen molar-refractivity contribution in [3.05, 3.63) is 106 Å². The number of anilines is 2. The van der Waals surface area contributed by atoms with Gasteiger partial charge in [0.2, 0.25) is 0 Å². The fourth-order valence-electron chi connectivity index (χ4n) is 7.96. The Morgan fingerprint density at radius 3 is 1.80 bits per heavy atom. The molecule has 0 radical (unpaired) electrons. The van der Waals surface area contributed by atoms with Gasteiger partial charge in [-0.15, -0.1) is 0 Å². The predicted octanol–water partition coefficient (Wildman–Crippen LogP) is 7.49. The van der Waals surface area contributed by atoms with Gasteiger partial charge in [0.05, 0.1) is 10.8 Å². The Morgan fingerprint density at radius 1 is 0.700 bits per heavy atom. The van der Waals surface area contributed by atoms with E-state index >= 15 is 0 Å². The van der Waals surface area contributed by atoms with Gasteiger partial charge in [-0.25, -0.2) is 30.4 Å². The smallest absolute Gasteiger partial charge is 0.142 e. The number of nitrogens with zero attached hydrogens (tertiary/aromatic N) is 7. The molecule has 0 bridgehead atoms. The highest BCUT2D eigenvalue weighted by Gasteiger charge is 2.44. The number of rotatable bonds is 9. The molecule has 2 aromatic carbocycles. The minimum Gasteiger partial charge on any atom is -0.356 e. The van der Waals surface area contributed by atoms with Gasteiger partial charge in [0.25, 0.3) is 0 Å². The Kier molecular flexibility index (Phi) is 9.07. The van der Waals surface area contributed by atoms with E-state index in [0.29, 0.717) is 16.5 Å². The summed E-state index contributed by atoms with van der Waals surface area (Å²) >= 11 is 20.0. The second-order valence-corrected chi connectivity index (χ2v) is 15.0. The first-order chi connectivity index (χ1) is 24.3. The van der Waals surface area contributed by atoms with E-state index in [1.807, 2.05) is 42.7 Å². The quantitative estimate of drug-likeness (QED) is 0.132. The van der Waals surface area contributed by atoms with Gasteiger partial charge >= 0.3 is 0 Å². The van der Waals surface area contributed by atoms with Crippen molar-refractivity contribution in [1.29, 1.82) is 0 Å². The summed E-state index contributed by atoms with van der Waals surface area (Å²) in [4.78, 5) is 29.5. The molecule has 0 atom stereocenters. The Labute approximate surface area is 306 Å². The minimum atomic E-state index is -0.307. The molecular formula is C37H39Cl3N10. The Hall–Kier alpha value is -3.93. The third-order valence-corrected chi connectivity index (χ3v) is 11.8. The van der Waals surface area contributed by atoms with Gasteiger partial charge in [0.15, 0.2) is 0 Å². The summed E-state index contributed by atoms with van der Waals surface area (Å²) in [5, 5.41) is 6.63. The monoisotopic (exact) mass is 728 g/mol. The van der Waals surface area contributed by atoms with E-state index < -0.39 is 0 Å². The first-order valence-electron chi connectivity index (χ1n) is 17.1. The zero-order valence-electron chi connectivity index (χ0n) is 27.8. The molecule has 6 heterocycles. The van der Waals surface area contributed by atoms with Gasteiger partial charge < -0.3 is 19.8 Å². The summed E-state index contributed by atoms with van der Waals surface area (Å²) in [5.41, 5.74) is 7.58. The number of likely N-dealkylation sites (N-methyl/N-ethyl adjacent to an activating group) is 1. The van der Waals surface area contributed by atoms with Crippen LogP contribution in [0, 0.1) is 0 Å². The molecule has 2 saturated heterocycles. The van der Waals surface area contributed by atoms with E-state index in [4.69, 9.17) is 44.8 Å². The molecule has 0 spiro atoms. The lowest BCUT2D eigenvalue weighted by atomic mass is 9.79. The van der Waals surface area contributed by atoms with Crippen LogP contribution >= 0.6 is 34.8 Å². The molecule has 6 aromatic rings. The van der Waals surface area contributed by atoms with Crippen molar-refractivity contribution in [3.63, 3.8) is 0 Å². The number of H-pyrrole nitrogens is 2. The van der Waals surface area contributed by atoms with Crippen molar-refractivity contribution in [1.82, 2.24) is 40.3 Å². The molecule has 258 valence electrons. The highest BCUT2D eigenvalue weighted by atomic mass is 35.5. The zero-order valence-corrected chi connectivity index (χ0v) is 30.1.